The van der Waals surface area contributed by atoms with Gasteiger partial charge in [-0.1, -0.05) is 29.8 Å². The number of benzene rings is 3. The van der Waals surface area contributed by atoms with Crippen molar-refractivity contribution in [2.75, 3.05) is 13.3 Å². The van der Waals surface area contributed by atoms with E-state index in [0.29, 0.717) is 29.8 Å². The molecule has 0 bridgehead atoms. The van der Waals surface area contributed by atoms with Crippen LogP contribution in [0.25, 0.3) is 11.1 Å². The Labute approximate surface area is 172 Å². The lowest BCUT2D eigenvalue weighted by Crippen LogP contribution is -2.25. The Bertz CT molecular complexity index is 1040. The number of rotatable bonds is 7. The summed E-state index contributed by atoms with van der Waals surface area (Å²) in [6.45, 7) is 0.109. The van der Waals surface area contributed by atoms with Crippen LogP contribution in [-0.2, 0) is 6.11 Å². The third kappa shape index (κ3) is 4.92. The quantitative estimate of drug-likeness (QED) is 0.378. The van der Waals surface area contributed by atoms with Gasteiger partial charge < -0.3 is 9.47 Å². The fourth-order valence-corrected chi connectivity index (χ4v) is 2.84. The first kappa shape index (κ1) is 22.5. The van der Waals surface area contributed by atoms with Crippen LogP contribution in [0.2, 0.25) is 0 Å². The van der Waals surface area contributed by atoms with Crippen LogP contribution in [0.1, 0.15) is 11.1 Å². The molecule has 0 saturated carbocycles. The minimum Gasteiger partial charge on any atom is -0.485 e. The van der Waals surface area contributed by atoms with Crippen molar-refractivity contribution in [3.05, 3.63) is 82.9 Å². The first-order chi connectivity index (χ1) is 14.6. The van der Waals surface area contributed by atoms with Gasteiger partial charge in [-0.25, -0.2) is 22.0 Å². The van der Waals surface area contributed by atoms with Gasteiger partial charge in [0.15, 0.2) is 17.4 Å². The fraction of sp³-hybridized carbons (Fsp3) is 0.182. The Morgan fingerprint density at radius 1 is 0.774 bits per heavy atom. The molecule has 0 fully saturated rings. The van der Waals surface area contributed by atoms with E-state index in [1.165, 1.54) is 0 Å². The van der Waals surface area contributed by atoms with Crippen LogP contribution in [0.3, 0.4) is 0 Å². The number of ether oxygens (including phenoxy) is 2. The standard InChI is InChI=1S/C22H15F7O2/c1-12-2-4-13(5-3-12)14-8-16(24)20(17(25)9-14)22(28,29)31-15-10-18(26)21(19(27)11-15)30-7-6-23/h2-5,8-11H,6-7H2,1H3. The zero-order valence-electron chi connectivity index (χ0n) is 16.0. The van der Waals surface area contributed by atoms with Crippen molar-refractivity contribution in [3.8, 4) is 22.6 Å². The molecule has 164 valence electrons. The molecule has 0 saturated heterocycles. The predicted molar refractivity (Wildman–Crippen MR) is 98.9 cm³/mol. The molecule has 0 spiro atoms. The van der Waals surface area contributed by atoms with Crippen LogP contribution < -0.4 is 9.47 Å². The van der Waals surface area contributed by atoms with E-state index in [2.05, 4.69) is 9.47 Å². The van der Waals surface area contributed by atoms with Crippen LogP contribution in [-0.4, -0.2) is 13.3 Å². The molecule has 3 aromatic carbocycles. The molecule has 0 aliphatic rings. The fourth-order valence-electron chi connectivity index (χ4n) is 2.84. The van der Waals surface area contributed by atoms with Gasteiger partial charge in [0.1, 0.15) is 36.2 Å². The van der Waals surface area contributed by atoms with Crippen molar-refractivity contribution in [1.29, 1.82) is 0 Å². The summed E-state index contributed by atoms with van der Waals surface area (Å²) in [5.41, 5.74) is -0.419. The highest BCUT2D eigenvalue weighted by Crippen LogP contribution is 2.38. The van der Waals surface area contributed by atoms with Gasteiger partial charge in [0.05, 0.1) is 0 Å². The first-order valence-corrected chi connectivity index (χ1v) is 8.93. The molecule has 0 radical (unpaired) electrons. The topological polar surface area (TPSA) is 18.5 Å². The third-order valence-corrected chi connectivity index (χ3v) is 4.26. The molecule has 0 N–H and O–H groups in total. The van der Waals surface area contributed by atoms with Crippen LogP contribution in [0.5, 0.6) is 11.5 Å². The Morgan fingerprint density at radius 3 is 1.84 bits per heavy atom. The SMILES string of the molecule is Cc1ccc(-c2cc(F)c(C(F)(F)Oc3cc(F)c(OCCF)c(F)c3)c(F)c2)cc1. The van der Waals surface area contributed by atoms with E-state index in [1.807, 2.05) is 0 Å². The second kappa shape index (κ2) is 8.87. The van der Waals surface area contributed by atoms with Crippen molar-refractivity contribution in [3.63, 3.8) is 0 Å². The van der Waals surface area contributed by atoms with Crippen LogP contribution in [0, 0.1) is 30.2 Å². The summed E-state index contributed by atoms with van der Waals surface area (Å²) in [5, 5.41) is 0. The van der Waals surface area contributed by atoms with Gasteiger partial charge in [0.25, 0.3) is 0 Å². The second-order valence-corrected chi connectivity index (χ2v) is 6.55. The number of halogens is 7. The molecule has 2 nitrogen and oxygen atoms in total. The average Bonchev–Trinajstić information content (AvgIpc) is 2.66. The van der Waals surface area contributed by atoms with E-state index in [9.17, 15) is 30.7 Å². The molecule has 0 aliphatic heterocycles. The molecule has 31 heavy (non-hydrogen) atoms. The maximum absolute atomic E-state index is 14.5. The van der Waals surface area contributed by atoms with Crippen molar-refractivity contribution in [1.82, 2.24) is 0 Å². The second-order valence-electron chi connectivity index (χ2n) is 6.55. The molecule has 9 heteroatoms. The van der Waals surface area contributed by atoms with Crippen molar-refractivity contribution >= 4 is 0 Å². The maximum atomic E-state index is 14.5. The van der Waals surface area contributed by atoms with Gasteiger partial charge in [-0.3, -0.25) is 0 Å². The van der Waals surface area contributed by atoms with Gasteiger partial charge in [-0.2, -0.15) is 8.78 Å². The zero-order valence-corrected chi connectivity index (χ0v) is 16.0. The minimum atomic E-state index is -4.60. The number of hydrogen-bond acceptors (Lipinski definition) is 2. The predicted octanol–water partition coefficient (Wildman–Crippen LogP) is 6.70. The molecule has 0 unspecified atom stereocenters. The maximum Gasteiger partial charge on any atom is 0.432 e. The van der Waals surface area contributed by atoms with Crippen LogP contribution in [0.4, 0.5) is 30.7 Å². The summed E-state index contributed by atoms with van der Waals surface area (Å²) in [4.78, 5) is 0. The largest absolute Gasteiger partial charge is 0.485 e. The monoisotopic (exact) mass is 444 g/mol. The highest BCUT2D eigenvalue weighted by Gasteiger charge is 2.41. The molecule has 0 heterocycles. The summed E-state index contributed by atoms with van der Waals surface area (Å²) >= 11 is 0. The van der Waals surface area contributed by atoms with E-state index < -0.39 is 59.7 Å². The Kier molecular flexibility index (Phi) is 6.42. The Hall–Kier alpha value is -3.23. The van der Waals surface area contributed by atoms with Crippen molar-refractivity contribution in [2.45, 2.75) is 13.0 Å². The molecule has 3 rings (SSSR count). The van der Waals surface area contributed by atoms with Gasteiger partial charge in [-0.15, -0.1) is 0 Å². The normalized spacial score (nSPS) is 11.5. The third-order valence-electron chi connectivity index (χ3n) is 4.26. The van der Waals surface area contributed by atoms with Gasteiger partial charge in [-0.05, 0) is 30.2 Å². The number of aryl methyl sites for hydroxylation is 1. The van der Waals surface area contributed by atoms with E-state index in [1.54, 1.807) is 31.2 Å². The first-order valence-electron chi connectivity index (χ1n) is 8.93. The van der Waals surface area contributed by atoms with Gasteiger partial charge >= 0.3 is 6.11 Å². The molecular weight excluding hydrogens is 429 g/mol. The van der Waals surface area contributed by atoms with E-state index in [0.717, 1.165) is 5.56 Å². The molecule has 0 atom stereocenters. The van der Waals surface area contributed by atoms with Crippen molar-refractivity contribution < 1.29 is 40.2 Å². The lowest BCUT2D eigenvalue weighted by Gasteiger charge is -2.20. The lowest BCUT2D eigenvalue weighted by atomic mass is 10.0. The van der Waals surface area contributed by atoms with Gasteiger partial charge in [0.2, 0.25) is 0 Å². The molecular formula is C22H15F7O2. The van der Waals surface area contributed by atoms with E-state index >= 15 is 0 Å². The van der Waals surface area contributed by atoms with Crippen LogP contribution >= 0.6 is 0 Å². The Balaban J connectivity index is 1.92. The van der Waals surface area contributed by atoms with E-state index in [-0.39, 0.29) is 5.56 Å². The summed E-state index contributed by atoms with van der Waals surface area (Å²) in [6, 6.07) is 8.57. The van der Waals surface area contributed by atoms with Crippen LogP contribution in [0.15, 0.2) is 48.5 Å². The molecule has 0 amide bonds. The molecule has 0 aliphatic carbocycles. The summed E-state index contributed by atoms with van der Waals surface area (Å²) in [5.74, 6) is -8.15. The highest BCUT2D eigenvalue weighted by molar-refractivity contribution is 5.64. The van der Waals surface area contributed by atoms with E-state index in [4.69, 9.17) is 0 Å². The molecule has 3 aromatic rings. The molecule has 0 aromatic heterocycles. The zero-order chi connectivity index (χ0) is 22.8. The summed E-state index contributed by atoms with van der Waals surface area (Å²) < 4.78 is 106. The van der Waals surface area contributed by atoms with Gasteiger partial charge in [0, 0.05) is 12.1 Å². The number of alkyl halides is 3. The summed E-state index contributed by atoms with van der Waals surface area (Å²) in [7, 11) is 0. The lowest BCUT2D eigenvalue weighted by molar-refractivity contribution is -0.189. The average molecular weight is 444 g/mol. The summed E-state index contributed by atoms with van der Waals surface area (Å²) in [6.07, 6.45) is -4.60. The highest BCUT2D eigenvalue weighted by atomic mass is 19.3. The Morgan fingerprint density at radius 2 is 1.32 bits per heavy atom. The van der Waals surface area contributed by atoms with Crippen molar-refractivity contribution in [2.24, 2.45) is 0 Å². The number of hydrogen-bond donors (Lipinski definition) is 0. The smallest absolute Gasteiger partial charge is 0.432 e. The minimum absolute atomic E-state index is 0.0148.